The molecule has 6 nitrogen and oxygen atoms in total. The Labute approximate surface area is 144 Å². The molecular formula is C16H17N3O3S2. The fourth-order valence-electron chi connectivity index (χ4n) is 2.28. The van der Waals surface area contributed by atoms with Crippen molar-refractivity contribution in [3.8, 4) is 0 Å². The van der Waals surface area contributed by atoms with Gasteiger partial charge in [-0.05, 0) is 31.0 Å². The number of benzene rings is 1. The quantitative estimate of drug-likeness (QED) is 0.728. The topological polar surface area (TPSA) is 85.1 Å². The highest BCUT2D eigenvalue weighted by atomic mass is 32.2. The molecule has 3 rings (SSSR count). The normalized spacial score (nSPS) is 13.1. The van der Waals surface area contributed by atoms with Crippen molar-refractivity contribution in [3.63, 3.8) is 0 Å². The van der Waals surface area contributed by atoms with E-state index >= 15 is 0 Å². The summed E-state index contributed by atoms with van der Waals surface area (Å²) in [7, 11) is -3.66. The number of rotatable bonds is 6. The van der Waals surface area contributed by atoms with Gasteiger partial charge < -0.3 is 4.42 Å². The monoisotopic (exact) mass is 363 g/mol. The third-order valence-electron chi connectivity index (χ3n) is 3.40. The van der Waals surface area contributed by atoms with Gasteiger partial charge in [0.25, 0.3) is 10.0 Å². The molecule has 0 amide bonds. The van der Waals surface area contributed by atoms with E-state index in [1.54, 1.807) is 19.1 Å². The van der Waals surface area contributed by atoms with Crippen LogP contribution in [0.4, 0.5) is 0 Å². The SMILES string of the molecule is Cc1nnc(C(Cc2ccccc2)NS(=O)(=O)c2ccc(C)s2)o1. The van der Waals surface area contributed by atoms with Crippen LogP contribution in [0.5, 0.6) is 0 Å². The van der Waals surface area contributed by atoms with E-state index in [-0.39, 0.29) is 10.1 Å². The van der Waals surface area contributed by atoms with Gasteiger partial charge in [0, 0.05) is 11.8 Å². The summed E-state index contributed by atoms with van der Waals surface area (Å²) in [6.07, 6.45) is 0.423. The minimum atomic E-state index is -3.66. The van der Waals surface area contributed by atoms with Crippen molar-refractivity contribution in [2.45, 2.75) is 30.5 Å². The van der Waals surface area contributed by atoms with Crippen molar-refractivity contribution in [1.82, 2.24) is 14.9 Å². The summed E-state index contributed by atoms with van der Waals surface area (Å²) in [6, 6.07) is 12.3. The lowest BCUT2D eigenvalue weighted by Crippen LogP contribution is -2.30. The maximum absolute atomic E-state index is 12.6. The summed E-state index contributed by atoms with van der Waals surface area (Å²) in [4.78, 5) is 0.934. The van der Waals surface area contributed by atoms with Gasteiger partial charge in [0.05, 0.1) is 0 Å². The highest BCUT2D eigenvalue weighted by Gasteiger charge is 2.26. The van der Waals surface area contributed by atoms with Crippen molar-refractivity contribution < 1.29 is 12.8 Å². The van der Waals surface area contributed by atoms with Gasteiger partial charge in [0.15, 0.2) is 0 Å². The smallest absolute Gasteiger partial charge is 0.250 e. The third-order valence-corrected chi connectivity index (χ3v) is 6.36. The molecule has 1 unspecified atom stereocenters. The number of sulfonamides is 1. The highest BCUT2D eigenvalue weighted by molar-refractivity contribution is 7.91. The zero-order chi connectivity index (χ0) is 17.2. The minimum absolute atomic E-state index is 0.258. The van der Waals surface area contributed by atoms with E-state index in [9.17, 15) is 8.42 Å². The molecule has 1 aromatic carbocycles. The Morgan fingerprint density at radius 3 is 2.46 bits per heavy atom. The summed E-state index contributed by atoms with van der Waals surface area (Å²) >= 11 is 1.23. The van der Waals surface area contributed by atoms with Gasteiger partial charge in [0.1, 0.15) is 10.3 Å². The molecule has 3 aromatic rings. The summed E-state index contributed by atoms with van der Waals surface area (Å²) in [5.41, 5.74) is 0.975. The first kappa shape index (κ1) is 16.8. The molecule has 1 atom stereocenters. The van der Waals surface area contributed by atoms with Gasteiger partial charge in [-0.25, -0.2) is 8.42 Å². The summed E-state index contributed by atoms with van der Waals surface area (Å²) in [5.74, 6) is 0.655. The molecule has 24 heavy (non-hydrogen) atoms. The maximum Gasteiger partial charge on any atom is 0.250 e. The van der Waals surface area contributed by atoms with Gasteiger partial charge >= 0.3 is 0 Å². The van der Waals surface area contributed by atoms with Gasteiger partial charge in [-0.3, -0.25) is 0 Å². The van der Waals surface area contributed by atoms with Crippen molar-refractivity contribution in [2.24, 2.45) is 0 Å². The van der Waals surface area contributed by atoms with Crippen LogP contribution in [0, 0.1) is 13.8 Å². The molecule has 0 radical (unpaired) electrons. The van der Waals surface area contributed by atoms with E-state index < -0.39 is 16.1 Å². The second-order valence-electron chi connectivity index (χ2n) is 5.39. The number of hydrogen-bond donors (Lipinski definition) is 1. The Balaban J connectivity index is 1.90. The molecule has 2 heterocycles. The first-order valence-corrected chi connectivity index (χ1v) is 9.67. The molecular weight excluding hydrogens is 346 g/mol. The molecule has 0 spiro atoms. The van der Waals surface area contributed by atoms with E-state index in [4.69, 9.17) is 4.42 Å². The van der Waals surface area contributed by atoms with Crippen LogP contribution in [0.3, 0.4) is 0 Å². The van der Waals surface area contributed by atoms with Crippen LogP contribution in [0.25, 0.3) is 0 Å². The van der Waals surface area contributed by atoms with E-state index in [1.807, 2.05) is 37.3 Å². The molecule has 1 N–H and O–H groups in total. The van der Waals surface area contributed by atoms with E-state index in [2.05, 4.69) is 14.9 Å². The largest absolute Gasteiger partial charge is 0.424 e. The number of nitrogens with one attached hydrogen (secondary N) is 1. The van der Waals surface area contributed by atoms with Crippen molar-refractivity contribution >= 4 is 21.4 Å². The lowest BCUT2D eigenvalue weighted by molar-refractivity contribution is 0.411. The van der Waals surface area contributed by atoms with E-state index in [0.717, 1.165) is 10.4 Å². The van der Waals surface area contributed by atoms with Gasteiger partial charge in [-0.1, -0.05) is 30.3 Å². The van der Waals surface area contributed by atoms with Crippen LogP contribution >= 0.6 is 11.3 Å². The first-order chi connectivity index (χ1) is 11.4. The number of hydrogen-bond acceptors (Lipinski definition) is 6. The number of aryl methyl sites for hydroxylation is 2. The molecule has 0 fully saturated rings. The average molecular weight is 363 g/mol. The molecule has 0 bridgehead atoms. The third kappa shape index (κ3) is 3.89. The van der Waals surface area contributed by atoms with Crippen molar-refractivity contribution in [1.29, 1.82) is 0 Å². The fraction of sp³-hybridized carbons (Fsp3) is 0.250. The molecule has 0 saturated heterocycles. The van der Waals surface area contributed by atoms with E-state index in [0.29, 0.717) is 12.3 Å². The molecule has 126 valence electrons. The van der Waals surface area contributed by atoms with Crippen molar-refractivity contribution in [3.05, 3.63) is 64.7 Å². The molecule has 0 aliphatic heterocycles. The number of thiophene rings is 1. The van der Waals surface area contributed by atoms with Crippen LogP contribution in [0.1, 0.15) is 28.3 Å². The zero-order valence-electron chi connectivity index (χ0n) is 13.3. The maximum atomic E-state index is 12.6. The zero-order valence-corrected chi connectivity index (χ0v) is 14.9. The highest BCUT2D eigenvalue weighted by Crippen LogP contribution is 2.24. The predicted octanol–water partition coefficient (Wildman–Crippen LogP) is 3.01. The number of aromatic nitrogens is 2. The lowest BCUT2D eigenvalue weighted by Gasteiger charge is -2.15. The second-order valence-corrected chi connectivity index (χ2v) is 8.62. The van der Waals surface area contributed by atoms with Crippen LogP contribution in [0.15, 0.2) is 51.1 Å². The van der Waals surface area contributed by atoms with Crippen LogP contribution in [-0.4, -0.2) is 18.6 Å². The molecule has 0 aliphatic rings. The molecule has 0 saturated carbocycles. The van der Waals surface area contributed by atoms with Crippen LogP contribution in [0.2, 0.25) is 0 Å². The minimum Gasteiger partial charge on any atom is -0.424 e. The van der Waals surface area contributed by atoms with Gasteiger partial charge in [-0.15, -0.1) is 21.5 Å². The molecule has 2 aromatic heterocycles. The van der Waals surface area contributed by atoms with E-state index in [1.165, 1.54) is 11.3 Å². The fourth-order valence-corrected chi connectivity index (χ4v) is 4.77. The Kier molecular flexibility index (Phi) is 4.79. The first-order valence-electron chi connectivity index (χ1n) is 7.37. The predicted molar refractivity (Wildman–Crippen MR) is 91.3 cm³/mol. The Morgan fingerprint density at radius 1 is 1.12 bits per heavy atom. The number of nitrogens with zero attached hydrogens (tertiary/aromatic N) is 2. The molecule has 0 aliphatic carbocycles. The molecule has 8 heteroatoms. The van der Waals surface area contributed by atoms with Crippen LogP contribution in [-0.2, 0) is 16.4 Å². The summed E-state index contributed by atoms with van der Waals surface area (Å²) in [6.45, 7) is 3.54. The summed E-state index contributed by atoms with van der Waals surface area (Å²) in [5, 5.41) is 7.79. The van der Waals surface area contributed by atoms with Gasteiger partial charge in [-0.2, -0.15) is 4.72 Å². The summed E-state index contributed by atoms with van der Waals surface area (Å²) < 4.78 is 33.7. The van der Waals surface area contributed by atoms with Crippen molar-refractivity contribution in [2.75, 3.05) is 0 Å². The average Bonchev–Trinajstić information content (AvgIpc) is 3.16. The second kappa shape index (κ2) is 6.84. The Hall–Kier alpha value is -2.03. The standard InChI is InChI=1S/C16H17N3O3S2/c1-11-8-9-15(23-11)24(20,21)19-14(16-18-17-12(2)22-16)10-13-6-4-3-5-7-13/h3-9,14,19H,10H2,1-2H3. The lowest BCUT2D eigenvalue weighted by atomic mass is 10.1. The Bertz CT molecular complexity index is 917. The Morgan fingerprint density at radius 2 is 1.88 bits per heavy atom. The van der Waals surface area contributed by atoms with Crippen LogP contribution < -0.4 is 4.72 Å². The van der Waals surface area contributed by atoms with Gasteiger partial charge in [0.2, 0.25) is 11.8 Å².